The van der Waals surface area contributed by atoms with Crippen molar-refractivity contribution in [3.63, 3.8) is 0 Å². The zero-order valence-electron chi connectivity index (χ0n) is 10.4. The van der Waals surface area contributed by atoms with Crippen LogP contribution in [0.4, 0.5) is 5.69 Å². The molecule has 1 atom stereocenters. The molecule has 8 heteroatoms. The smallest absolute Gasteiger partial charge is 0.250 e. The maximum atomic E-state index is 11.9. The van der Waals surface area contributed by atoms with E-state index in [0.29, 0.717) is 12.1 Å². The first-order chi connectivity index (χ1) is 9.28. The molecule has 108 valence electrons. The Kier molecular flexibility index (Phi) is 4.01. The van der Waals surface area contributed by atoms with E-state index < -0.39 is 21.7 Å². The molecule has 0 saturated carbocycles. The Morgan fingerprint density at radius 1 is 1.35 bits per heavy atom. The summed E-state index contributed by atoms with van der Waals surface area (Å²) in [5.41, 5.74) is 5.62. The number of amides is 2. The summed E-state index contributed by atoms with van der Waals surface area (Å²) < 4.78 is 22.7. The molecular formula is C12H13ClN2O4S. The van der Waals surface area contributed by atoms with Crippen molar-refractivity contribution in [1.29, 1.82) is 0 Å². The number of sulfone groups is 1. The lowest BCUT2D eigenvalue weighted by molar-refractivity contribution is -0.119. The van der Waals surface area contributed by atoms with E-state index in [4.69, 9.17) is 17.3 Å². The molecule has 1 aromatic rings. The van der Waals surface area contributed by atoms with Gasteiger partial charge >= 0.3 is 0 Å². The summed E-state index contributed by atoms with van der Waals surface area (Å²) in [5.74, 6) is -1.76. The molecule has 0 spiro atoms. The topological polar surface area (TPSA) is 106 Å². The van der Waals surface area contributed by atoms with Gasteiger partial charge < -0.3 is 11.1 Å². The van der Waals surface area contributed by atoms with E-state index in [1.807, 2.05) is 0 Å². The minimum atomic E-state index is -3.12. The fourth-order valence-electron chi connectivity index (χ4n) is 2.04. The van der Waals surface area contributed by atoms with Crippen molar-refractivity contribution in [2.75, 3.05) is 16.8 Å². The molecule has 0 aromatic heterocycles. The van der Waals surface area contributed by atoms with Gasteiger partial charge in [0.15, 0.2) is 9.84 Å². The Morgan fingerprint density at radius 3 is 2.60 bits per heavy atom. The van der Waals surface area contributed by atoms with Gasteiger partial charge in [-0.05, 0) is 24.6 Å². The lowest BCUT2D eigenvalue weighted by Gasteiger charge is -2.10. The zero-order valence-corrected chi connectivity index (χ0v) is 12.0. The minimum Gasteiger partial charge on any atom is -0.366 e. The monoisotopic (exact) mass is 316 g/mol. The third-order valence-corrected chi connectivity index (χ3v) is 5.20. The molecule has 1 aliphatic rings. The lowest BCUT2D eigenvalue weighted by atomic mass is 10.1. The number of carbonyl (C=O) groups is 2. The summed E-state index contributed by atoms with van der Waals surface area (Å²) >= 11 is 5.80. The summed E-state index contributed by atoms with van der Waals surface area (Å²) in [5, 5.41) is 2.77. The number of hydrogen-bond donors (Lipinski definition) is 2. The van der Waals surface area contributed by atoms with Crippen LogP contribution in [0.2, 0.25) is 5.02 Å². The molecule has 1 aliphatic heterocycles. The van der Waals surface area contributed by atoms with Crippen LogP contribution < -0.4 is 11.1 Å². The van der Waals surface area contributed by atoms with Crippen molar-refractivity contribution in [2.24, 2.45) is 11.7 Å². The van der Waals surface area contributed by atoms with Crippen molar-refractivity contribution in [3.8, 4) is 0 Å². The highest BCUT2D eigenvalue weighted by molar-refractivity contribution is 7.91. The van der Waals surface area contributed by atoms with Crippen molar-refractivity contribution >= 4 is 38.9 Å². The number of hydrogen-bond acceptors (Lipinski definition) is 4. The van der Waals surface area contributed by atoms with E-state index in [1.165, 1.54) is 18.2 Å². The Morgan fingerprint density at radius 2 is 2.05 bits per heavy atom. The number of rotatable bonds is 3. The van der Waals surface area contributed by atoms with E-state index in [0.717, 1.165) is 0 Å². The predicted molar refractivity (Wildman–Crippen MR) is 75.4 cm³/mol. The molecule has 1 heterocycles. The maximum absolute atomic E-state index is 11.9. The number of halogens is 1. The number of carbonyl (C=O) groups excluding carboxylic acids is 2. The number of benzene rings is 1. The Balaban J connectivity index is 2.13. The quantitative estimate of drug-likeness (QED) is 0.860. The van der Waals surface area contributed by atoms with Crippen molar-refractivity contribution in [2.45, 2.75) is 6.42 Å². The number of nitrogens with one attached hydrogen (secondary N) is 1. The van der Waals surface area contributed by atoms with Gasteiger partial charge in [0.05, 0.1) is 28.0 Å². The van der Waals surface area contributed by atoms with E-state index in [9.17, 15) is 18.0 Å². The second-order valence-corrected chi connectivity index (χ2v) is 7.28. The first-order valence-corrected chi connectivity index (χ1v) is 8.09. The lowest BCUT2D eigenvalue weighted by Crippen LogP contribution is -2.24. The number of nitrogens with two attached hydrogens (primary N) is 1. The van der Waals surface area contributed by atoms with Crippen LogP contribution in [0.1, 0.15) is 16.8 Å². The average molecular weight is 317 g/mol. The van der Waals surface area contributed by atoms with Gasteiger partial charge in [-0.25, -0.2) is 8.42 Å². The van der Waals surface area contributed by atoms with Gasteiger partial charge in [-0.1, -0.05) is 11.6 Å². The first-order valence-electron chi connectivity index (χ1n) is 5.89. The second-order valence-electron chi connectivity index (χ2n) is 4.65. The molecular weight excluding hydrogens is 304 g/mol. The molecule has 0 radical (unpaired) electrons. The SMILES string of the molecule is NC(=O)c1cc(NC(=O)[C@@H]2CCS(=O)(=O)C2)ccc1Cl. The van der Waals surface area contributed by atoms with E-state index in [1.54, 1.807) is 0 Å². The Labute approximate surface area is 121 Å². The Bertz CT molecular complexity index is 672. The fourth-order valence-corrected chi connectivity index (χ4v) is 3.99. The largest absolute Gasteiger partial charge is 0.366 e. The van der Waals surface area contributed by atoms with Gasteiger partial charge in [0.25, 0.3) is 0 Å². The summed E-state index contributed by atoms with van der Waals surface area (Å²) in [4.78, 5) is 23.1. The molecule has 20 heavy (non-hydrogen) atoms. The van der Waals surface area contributed by atoms with Crippen LogP contribution in [0.25, 0.3) is 0 Å². The highest BCUT2D eigenvalue weighted by Gasteiger charge is 2.32. The van der Waals surface area contributed by atoms with Crippen LogP contribution in [0.3, 0.4) is 0 Å². The molecule has 1 aromatic carbocycles. The van der Waals surface area contributed by atoms with E-state index in [-0.39, 0.29) is 28.0 Å². The fraction of sp³-hybridized carbons (Fsp3) is 0.333. The Hall–Kier alpha value is -1.60. The van der Waals surface area contributed by atoms with Crippen LogP contribution in [0.15, 0.2) is 18.2 Å². The van der Waals surface area contributed by atoms with Crippen molar-refractivity contribution in [3.05, 3.63) is 28.8 Å². The van der Waals surface area contributed by atoms with E-state index >= 15 is 0 Å². The van der Waals surface area contributed by atoms with E-state index in [2.05, 4.69) is 5.32 Å². The molecule has 1 fully saturated rings. The van der Waals surface area contributed by atoms with Crippen molar-refractivity contribution < 1.29 is 18.0 Å². The van der Waals surface area contributed by atoms with Gasteiger partial charge in [0.2, 0.25) is 11.8 Å². The highest BCUT2D eigenvalue weighted by atomic mass is 35.5. The van der Waals surface area contributed by atoms with Crippen LogP contribution in [-0.2, 0) is 14.6 Å². The molecule has 3 N–H and O–H groups in total. The van der Waals surface area contributed by atoms with Gasteiger partial charge in [-0.3, -0.25) is 9.59 Å². The van der Waals surface area contributed by atoms with Crippen LogP contribution in [-0.4, -0.2) is 31.7 Å². The highest BCUT2D eigenvalue weighted by Crippen LogP contribution is 2.23. The first kappa shape index (κ1) is 14.8. The van der Waals surface area contributed by atoms with Crippen LogP contribution in [0, 0.1) is 5.92 Å². The zero-order chi connectivity index (χ0) is 14.9. The van der Waals surface area contributed by atoms with Gasteiger partial charge in [-0.2, -0.15) is 0 Å². The normalized spacial score (nSPS) is 20.6. The summed E-state index contributed by atoms with van der Waals surface area (Å²) in [6.45, 7) is 0. The number of primary amides is 1. The molecule has 1 saturated heterocycles. The minimum absolute atomic E-state index is 0.0260. The third kappa shape index (κ3) is 3.29. The molecule has 0 unspecified atom stereocenters. The van der Waals surface area contributed by atoms with Crippen LogP contribution >= 0.6 is 11.6 Å². The van der Waals surface area contributed by atoms with Crippen molar-refractivity contribution in [1.82, 2.24) is 0 Å². The van der Waals surface area contributed by atoms with Gasteiger partial charge in [0, 0.05) is 5.69 Å². The van der Waals surface area contributed by atoms with Gasteiger partial charge in [0.1, 0.15) is 0 Å². The van der Waals surface area contributed by atoms with Crippen LogP contribution in [0.5, 0.6) is 0 Å². The molecule has 2 amide bonds. The predicted octanol–water partition coefficient (Wildman–Crippen LogP) is 0.812. The summed E-state index contributed by atoms with van der Waals surface area (Å²) in [6.07, 6.45) is 0.310. The molecule has 0 bridgehead atoms. The maximum Gasteiger partial charge on any atom is 0.250 e. The standard InChI is InChI=1S/C12H13ClN2O4S/c13-10-2-1-8(5-9(10)11(14)16)15-12(17)7-3-4-20(18,19)6-7/h1-2,5,7H,3-4,6H2,(H2,14,16)(H,15,17)/t7-/m1/s1. The molecule has 6 nitrogen and oxygen atoms in total. The third-order valence-electron chi connectivity index (χ3n) is 3.10. The second kappa shape index (κ2) is 5.41. The average Bonchev–Trinajstić information content (AvgIpc) is 2.72. The van der Waals surface area contributed by atoms with Gasteiger partial charge in [-0.15, -0.1) is 0 Å². The summed E-state index contributed by atoms with van der Waals surface area (Å²) in [6, 6.07) is 4.34. The number of anilines is 1. The molecule has 0 aliphatic carbocycles. The summed E-state index contributed by atoms with van der Waals surface area (Å²) in [7, 11) is -3.12. The molecule has 2 rings (SSSR count).